The second-order valence-corrected chi connectivity index (χ2v) is 3.31. The standard InChI is InChI=1S/C10H20O3/c1-3-7-11-9-5-6-10(13-9)12-8-4-2/h9-10H,3-8H2,1-2H3. The van der Waals surface area contributed by atoms with Crippen molar-refractivity contribution in [3.63, 3.8) is 0 Å². The molecule has 1 heterocycles. The molecule has 0 saturated carbocycles. The Morgan fingerprint density at radius 2 is 1.46 bits per heavy atom. The van der Waals surface area contributed by atoms with E-state index in [1.165, 1.54) is 0 Å². The SMILES string of the molecule is CCCOC1CCC(OCCC)O1. The number of rotatable bonds is 6. The molecule has 0 N–H and O–H groups in total. The van der Waals surface area contributed by atoms with Gasteiger partial charge < -0.3 is 14.2 Å². The van der Waals surface area contributed by atoms with Gasteiger partial charge in [0.2, 0.25) is 0 Å². The Bertz CT molecular complexity index is 113. The van der Waals surface area contributed by atoms with E-state index in [1.54, 1.807) is 0 Å². The van der Waals surface area contributed by atoms with Gasteiger partial charge in [0.05, 0.1) is 0 Å². The van der Waals surface area contributed by atoms with Crippen LogP contribution >= 0.6 is 0 Å². The van der Waals surface area contributed by atoms with E-state index in [0.29, 0.717) is 0 Å². The molecule has 1 aliphatic heterocycles. The van der Waals surface area contributed by atoms with Crippen LogP contribution in [0.3, 0.4) is 0 Å². The maximum Gasteiger partial charge on any atom is 0.160 e. The van der Waals surface area contributed by atoms with Crippen molar-refractivity contribution >= 4 is 0 Å². The number of hydrogen-bond donors (Lipinski definition) is 0. The van der Waals surface area contributed by atoms with Crippen LogP contribution in [0, 0.1) is 0 Å². The molecule has 0 spiro atoms. The summed E-state index contributed by atoms with van der Waals surface area (Å²) in [5, 5.41) is 0. The Balaban J connectivity index is 2.05. The summed E-state index contributed by atoms with van der Waals surface area (Å²) in [4.78, 5) is 0. The van der Waals surface area contributed by atoms with Gasteiger partial charge >= 0.3 is 0 Å². The van der Waals surface area contributed by atoms with E-state index in [2.05, 4.69) is 13.8 Å². The second kappa shape index (κ2) is 6.35. The highest BCUT2D eigenvalue weighted by atomic mass is 16.8. The summed E-state index contributed by atoms with van der Waals surface area (Å²) in [6.45, 7) is 5.76. The molecule has 78 valence electrons. The Kier molecular flexibility index (Phi) is 5.35. The Morgan fingerprint density at radius 1 is 1.00 bits per heavy atom. The third kappa shape index (κ3) is 4.07. The first-order valence-corrected chi connectivity index (χ1v) is 5.25. The highest BCUT2D eigenvalue weighted by Gasteiger charge is 2.25. The average Bonchev–Trinajstić information content (AvgIpc) is 2.59. The van der Waals surface area contributed by atoms with Crippen molar-refractivity contribution in [1.82, 2.24) is 0 Å². The van der Waals surface area contributed by atoms with Crippen LogP contribution in [0.25, 0.3) is 0 Å². The summed E-state index contributed by atoms with van der Waals surface area (Å²) in [7, 11) is 0. The molecular weight excluding hydrogens is 168 g/mol. The van der Waals surface area contributed by atoms with E-state index >= 15 is 0 Å². The van der Waals surface area contributed by atoms with Crippen molar-refractivity contribution < 1.29 is 14.2 Å². The Labute approximate surface area is 80.4 Å². The first-order chi connectivity index (χ1) is 6.36. The van der Waals surface area contributed by atoms with Gasteiger partial charge in [0.1, 0.15) is 0 Å². The average molecular weight is 188 g/mol. The van der Waals surface area contributed by atoms with Crippen molar-refractivity contribution in [2.75, 3.05) is 13.2 Å². The second-order valence-electron chi connectivity index (χ2n) is 3.31. The van der Waals surface area contributed by atoms with Crippen molar-refractivity contribution in [3.05, 3.63) is 0 Å². The van der Waals surface area contributed by atoms with Gasteiger partial charge in [0.15, 0.2) is 12.6 Å². The van der Waals surface area contributed by atoms with Crippen LogP contribution < -0.4 is 0 Å². The van der Waals surface area contributed by atoms with Crippen LogP contribution in [0.1, 0.15) is 39.5 Å². The van der Waals surface area contributed by atoms with Crippen molar-refractivity contribution in [2.24, 2.45) is 0 Å². The fraction of sp³-hybridized carbons (Fsp3) is 1.00. The third-order valence-electron chi connectivity index (χ3n) is 1.96. The summed E-state index contributed by atoms with van der Waals surface area (Å²) < 4.78 is 16.4. The lowest BCUT2D eigenvalue weighted by molar-refractivity contribution is -0.204. The molecular formula is C10H20O3. The molecule has 0 radical (unpaired) electrons. The van der Waals surface area contributed by atoms with Crippen LogP contribution in [0.4, 0.5) is 0 Å². The van der Waals surface area contributed by atoms with Gasteiger partial charge in [-0.25, -0.2) is 0 Å². The van der Waals surface area contributed by atoms with Gasteiger partial charge in [0, 0.05) is 26.1 Å². The van der Waals surface area contributed by atoms with E-state index < -0.39 is 0 Å². The topological polar surface area (TPSA) is 27.7 Å². The van der Waals surface area contributed by atoms with Gasteiger partial charge in [-0.2, -0.15) is 0 Å². The molecule has 0 aromatic heterocycles. The van der Waals surface area contributed by atoms with E-state index in [9.17, 15) is 0 Å². The molecule has 0 amide bonds. The summed E-state index contributed by atoms with van der Waals surface area (Å²) in [6, 6.07) is 0. The molecule has 2 unspecified atom stereocenters. The normalized spacial score (nSPS) is 28.2. The molecule has 0 aliphatic carbocycles. The summed E-state index contributed by atoms with van der Waals surface area (Å²) in [6.07, 6.45) is 3.97. The maximum absolute atomic E-state index is 5.52. The minimum absolute atomic E-state index is 0.0261. The molecule has 1 rings (SSSR count). The predicted molar refractivity (Wildman–Crippen MR) is 50.4 cm³/mol. The van der Waals surface area contributed by atoms with Gasteiger partial charge in [0.25, 0.3) is 0 Å². The predicted octanol–water partition coefficient (Wildman–Crippen LogP) is 2.30. The van der Waals surface area contributed by atoms with Gasteiger partial charge in [-0.1, -0.05) is 13.8 Å². The third-order valence-corrected chi connectivity index (χ3v) is 1.96. The molecule has 3 heteroatoms. The zero-order valence-electron chi connectivity index (χ0n) is 8.62. The molecule has 1 fully saturated rings. The van der Waals surface area contributed by atoms with Crippen molar-refractivity contribution in [1.29, 1.82) is 0 Å². The smallest absolute Gasteiger partial charge is 0.160 e. The fourth-order valence-electron chi connectivity index (χ4n) is 1.32. The lowest BCUT2D eigenvalue weighted by Crippen LogP contribution is -2.17. The minimum Gasteiger partial charge on any atom is -0.353 e. The summed E-state index contributed by atoms with van der Waals surface area (Å²) in [5.41, 5.74) is 0. The molecule has 0 aromatic rings. The molecule has 0 bridgehead atoms. The van der Waals surface area contributed by atoms with E-state index in [1.807, 2.05) is 0 Å². The molecule has 0 aromatic carbocycles. The van der Waals surface area contributed by atoms with E-state index in [0.717, 1.165) is 38.9 Å². The number of ether oxygens (including phenoxy) is 3. The Morgan fingerprint density at radius 3 is 1.85 bits per heavy atom. The quantitative estimate of drug-likeness (QED) is 0.640. The van der Waals surface area contributed by atoms with Gasteiger partial charge in [-0.3, -0.25) is 0 Å². The molecule has 1 aliphatic rings. The van der Waals surface area contributed by atoms with Crippen LogP contribution in [0.15, 0.2) is 0 Å². The zero-order chi connectivity index (χ0) is 9.52. The summed E-state index contributed by atoms with van der Waals surface area (Å²) in [5.74, 6) is 0. The highest BCUT2D eigenvalue weighted by Crippen LogP contribution is 2.21. The number of hydrogen-bond acceptors (Lipinski definition) is 3. The monoisotopic (exact) mass is 188 g/mol. The summed E-state index contributed by atoms with van der Waals surface area (Å²) >= 11 is 0. The van der Waals surface area contributed by atoms with Crippen molar-refractivity contribution in [2.45, 2.75) is 52.1 Å². The zero-order valence-corrected chi connectivity index (χ0v) is 8.62. The first kappa shape index (κ1) is 11.0. The van der Waals surface area contributed by atoms with E-state index in [-0.39, 0.29) is 12.6 Å². The van der Waals surface area contributed by atoms with Crippen LogP contribution in [0.5, 0.6) is 0 Å². The minimum atomic E-state index is -0.0261. The first-order valence-electron chi connectivity index (χ1n) is 5.25. The largest absolute Gasteiger partial charge is 0.353 e. The molecule has 3 nitrogen and oxygen atoms in total. The lowest BCUT2D eigenvalue weighted by Gasteiger charge is -2.13. The van der Waals surface area contributed by atoms with Gasteiger partial charge in [-0.05, 0) is 12.8 Å². The fourth-order valence-corrected chi connectivity index (χ4v) is 1.32. The molecule has 2 atom stereocenters. The maximum atomic E-state index is 5.52. The van der Waals surface area contributed by atoms with Crippen molar-refractivity contribution in [3.8, 4) is 0 Å². The highest BCUT2D eigenvalue weighted by molar-refractivity contribution is 4.60. The molecule has 1 saturated heterocycles. The van der Waals surface area contributed by atoms with Crippen LogP contribution in [-0.2, 0) is 14.2 Å². The van der Waals surface area contributed by atoms with Crippen LogP contribution in [0.2, 0.25) is 0 Å². The molecule has 13 heavy (non-hydrogen) atoms. The van der Waals surface area contributed by atoms with Gasteiger partial charge in [-0.15, -0.1) is 0 Å². The van der Waals surface area contributed by atoms with E-state index in [4.69, 9.17) is 14.2 Å². The lowest BCUT2D eigenvalue weighted by atomic mass is 10.3. The Hall–Kier alpha value is -0.120. The van der Waals surface area contributed by atoms with Crippen LogP contribution in [-0.4, -0.2) is 25.8 Å².